The topological polar surface area (TPSA) is 18.5 Å². The number of rotatable bonds is 4. The minimum atomic E-state index is 0.663. The van der Waals surface area contributed by atoms with Crippen LogP contribution in [0.25, 0.3) is 0 Å². The van der Waals surface area contributed by atoms with Crippen LogP contribution in [-0.2, 0) is 0 Å². The van der Waals surface area contributed by atoms with E-state index in [-0.39, 0.29) is 0 Å². The molecule has 0 aromatic heterocycles. The first-order chi connectivity index (χ1) is 6.86. The summed E-state index contributed by atoms with van der Waals surface area (Å²) in [5, 5.41) is 0. The molecule has 0 radical (unpaired) electrons. The Morgan fingerprint density at radius 2 is 1.50 bits per heavy atom. The van der Waals surface area contributed by atoms with Gasteiger partial charge in [0.05, 0.1) is 0 Å². The van der Waals surface area contributed by atoms with Gasteiger partial charge in [0.2, 0.25) is 0 Å². The Balaban J connectivity index is 2.77. The summed E-state index contributed by atoms with van der Waals surface area (Å²) in [5.74, 6) is 1.33. The molecule has 70 valence electrons. The van der Waals surface area contributed by atoms with Gasteiger partial charge < -0.3 is 9.47 Å². The van der Waals surface area contributed by atoms with E-state index in [0.717, 1.165) is 0 Å². The van der Waals surface area contributed by atoms with Crippen LogP contribution >= 0.6 is 0 Å². The third-order valence-corrected chi connectivity index (χ3v) is 1.36. The molecule has 1 rings (SSSR count). The molecule has 0 fully saturated rings. The smallest absolute Gasteiger partial charge is 0.133 e. The van der Waals surface area contributed by atoms with Crippen LogP contribution in [0, 0.1) is 0 Å². The molecule has 1 aromatic carbocycles. The highest BCUT2D eigenvalue weighted by molar-refractivity contribution is 5.33. The molecule has 0 aliphatic heterocycles. The van der Waals surface area contributed by atoms with Crippen molar-refractivity contribution in [1.82, 2.24) is 0 Å². The molecule has 0 N–H and O–H groups in total. The van der Waals surface area contributed by atoms with E-state index < -0.39 is 0 Å². The maximum atomic E-state index is 5.15. The molecular weight excluding hydrogens is 176 g/mol. The van der Waals surface area contributed by atoms with Crippen molar-refractivity contribution in [2.75, 3.05) is 0 Å². The van der Waals surface area contributed by atoms with Crippen molar-refractivity contribution in [1.29, 1.82) is 0 Å². The molecule has 0 bridgehead atoms. The minimum absolute atomic E-state index is 0.663. The van der Waals surface area contributed by atoms with Crippen LogP contribution in [0.3, 0.4) is 0 Å². The molecule has 0 heterocycles. The molecule has 2 heteroatoms. The Morgan fingerprint density at radius 1 is 1.00 bits per heavy atom. The summed E-state index contributed by atoms with van der Waals surface area (Å²) in [4.78, 5) is 0. The van der Waals surface area contributed by atoms with Gasteiger partial charge in [0.15, 0.2) is 0 Å². The molecule has 0 aliphatic carbocycles. The van der Waals surface area contributed by atoms with E-state index in [0.29, 0.717) is 11.5 Å². The van der Waals surface area contributed by atoms with E-state index in [1.165, 1.54) is 12.5 Å². The van der Waals surface area contributed by atoms with E-state index in [4.69, 9.17) is 9.47 Å². The van der Waals surface area contributed by atoms with Crippen LogP contribution in [0.1, 0.15) is 0 Å². The van der Waals surface area contributed by atoms with Crippen LogP contribution in [0.15, 0.2) is 61.4 Å². The fourth-order valence-electron chi connectivity index (χ4n) is 0.840. The lowest BCUT2D eigenvalue weighted by atomic mass is 10.3. The van der Waals surface area contributed by atoms with E-state index in [2.05, 4.69) is 24.6 Å². The molecule has 0 saturated carbocycles. The molecule has 0 aliphatic rings. The van der Waals surface area contributed by atoms with Gasteiger partial charge in [-0.05, 0) is 12.1 Å². The first kappa shape index (κ1) is 9.94. The van der Waals surface area contributed by atoms with E-state index in [9.17, 15) is 0 Å². The average molecular weight is 186 g/mol. The summed E-state index contributed by atoms with van der Waals surface area (Å²) in [6, 6.07) is 7.16. The van der Waals surface area contributed by atoms with Gasteiger partial charge >= 0.3 is 0 Å². The van der Waals surface area contributed by atoms with Crippen LogP contribution < -0.4 is 9.47 Å². The zero-order valence-electron chi connectivity index (χ0n) is 7.69. The van der Waals surface area contributed by atoms with E-state index in [1.54, 1.807) is 18.2 Å². The van der Waals surface area contributed by atoms with Crippen molar-refractivity contribution in [2.45, 2.75) is 0 Å². The lowest BCUT2D eigenvalue weighted by Crippen LogP contribution is -1.83. The quantitative estimate of drug-likeness (QED) is 0.531. The third-order valence-electron chi connectivity index (χ3n) is 1.36. The fraction of sp³-hybridized carbons (Fsp3) is 0. The monoisotopic (exact) mass is 186 g/mol. The van der Waals surface area contributed by atoms with E-state index in [1.807, 2.05) is 6.07 Å². The molecular formula is C12H10O2. The molecule has 0 atom stereocenters. The number of ether oxygens (including phenoxy) is 2. The molecule has 2 nitrogen and oxygen atoms in total. The number of benzene rings is 1. The van der Waals surface area contributed by atoms with Crippen molar-refractivity contribution in [3.63, 3.8) is 0 Å². The zero-order valence-corrected chi connectivity index (χ0v) is 7.69. The number of hydrogen-bond acceptors (Lipinski definition) is 2. The van der Waals surface area contributed by atoms with Crippen LogP contribution in [0.5, 0.6) is 11.5 Å². The summed E-state index contributed by atoms with van der Waals surface area (Å²) >= 11 is 0. The Labute approximate surface area is 83.1 Å². The Hall–Kier alpha value is -2.14. The van der Waals surface area contributed by atoms with Gasteiger partial charge in [0.1, 0.15) is 24.0 Å². The average Bonchev–Trinajstić information content (AvgIpc) is 2.24. The predicted octanol–water partition coefficient (Wildman–Crippen LogP) is 3.04. The maximum Gasteiger partial charge on any atom is 0.133 e. The lowest BCUT2D eigenvalue weighted by Gasteiger charge is -2.01. The van der Waals surface area contributed by atoms with Gasteiger partial charge in [-0.1, -0.05) is 30.7 Å². The third kappa shape index (κ3) is 3.08. The molecule has 14 heavy (non-hydrogen) atoms. The first-order valence-electron chi connectivity index (χ1n) is 3.99. The SMILES string of the molecule is C=C=COc1cccc(OC=C=C)c1. The molecule has 0 spiro atoms. The highest BCUT2D eigenvalue weighted by atomic mass is 16.5. The summed E-state index contributed by atoms with van der Waals surface area (Å²) < 4.78 is 10.3. The second-order valence-electron chi connectivity index (χ2n) is 2.35. The van der Waals surface area contributed by atoms with Gasteiger partial charge in [-0.2, -0.15) is 0 Å². The summed E-state index contributed by atoms with van der Waals surface area (Å²) in [7, 11) is 0. The second kappa shape index (κ2) is 5.50. The molecule has 0 amide bonds. The standard InChI is InChI=1S/C12H10O2/c1-3-8-13-11-6-5-7-12(10-11)14-9-4-2/h5-10H,1-2H2. The van der Waals surface area contributed by atoms with Crippen LogP contribution in [0.2, 0.25) is 0 Å². The van der Waals surface area contributed by atoms with Gasteiger partial charge in [0, 0.05) is 6.07 Å². The second-order valence-corrected chi connectivity index (χ2v) is 2.35. The molecule has 1 aromatic rings. The van der Waals surface area contributed by atoms with Gasteiger partial charge in [-0.15, -0.1) is 0 Å². The Bertz CT molecular complexity index is 359. The largest absolute Gasteiger partial charge is 0.457 e. The number of hydrogen-bond donors (Lipinski definition) is 0. The van der Waals surface area contributed by atoms with Gasteiger partial charge in [-0.3, -0.25) is 0 Å². The lowest BCUT2D eigenvalue weighted by molar-refractivity contribution is 0.460. The van der Waals surface area contributed by atoms with Crippen molar-refractivity contribution in [2.24, 2.45) is 0 Å². The summed E-state index contributed by atoms with van der Waals surface area (Å²) in [6.07, 6.45) is 2.75. The van der Waals surface area contributed by atoms with Crippen molar-refractivity contribution in [3.05, 3.63) is 61.4 Å². The van der Waals surface area contributed by atoms with Crippen molar-refractivity contribution >= 4 is 0 Å². The fourth-order valence-corrected chi connectivity index (χ4v) is 0.840. The minimum Gasteiger partial charge on any atom is -0.457 e. The normalized spacial score (nSPS) is 8.00. The summed E-state index contributed by atoms with van der Waals surface area (Å²) in [6.45, 7) is 6.77. The summed E-state index contributed by atoms with van der Waals surface area (Å²) in [5.41, 5.74) is 5.02. The molecule has 0 saturated heterocycles. The zero-order chi connectivity index (χ0) is 10.2. The molecule has 0 unspecified atom stereocenters. The van der Waals surface area contributed by atoms with Crippen LogP contribution in [0.4, 0.5) is 0 Å². The first-order valence-corrected chi connectivity index (χ1v) is 3.99. The van der Waals surface area contributed by atoms with Gasteiger partial charge in [0.25, 0.3) is 0 Å². The predicted molar refractivity (Wildman–Crippen MR) is 55.1 cm³/mol. The highest BCUT2D eigenvalue weighted by Crippen LogP contribution is 2.19. The van der Waals surface area contributed by atoms with Gasteiger partial charge in [-0.25, -0.2) is 0 Å². The van der Waals surface area contributed by atoms with Crippen molar-refractivity contribution in [3.8, 4) is 11.5 Å². The van der Waals surface area contributed by atoms with Crippen LogP contribution in [-0.4, -0.2) is 0 Å². The van der Waals surface area contributed by atoms with Crippen molar-refractivity contribution < 1.29 is 9.47 Å². The maximum absolute atomic E-state index is 5.15. The highest BCUT2D eigenvalue weighted by Gasteiger charge is 1.94. The Morgan fingerprint density at radius 3 is 1.93 bits per heavy atom. The Kier molecular flexibility index (Phi) is 3.90. The van der Waals surface area contributed by atoms with E-state index >= 15 is 0 Å².